The smallest absolute Gasteiger partial charge is 0.323 e. The van der Waals surface area contributed by atoms with Crippen LogP contribution in [0, 0.1) is 5.41 Å². The Morgan fingerprint density at radius 2 is 2.10 bits per heavy atom. The lowest BCUT2D eigenvalue weighted by molar-refractivity contribution is -0.117. The maximum atomic E-state index is 10.7. The van der Waals surface area contributed by atoms with Gasteiger partial charge in [-0.2, -0.15) is 4.79 Å². The van der Waals surface area contributed by atoms with E-state index in [9.17, 15) is 4.79 Å². The number of rotatable bonds is 2. The quantitative estimate of drug-likeness (QED) is 0.324. The van der Waals surface area contributed by atoms with E-state index >= 15 is 0 Å². The van der Waals surface area contributed by atoms with Gasteiger partial charge < -0.3 is 5.53 Å². The van der Waals surface area contributed by atoms with Gasteiger partial charge in [-0.15, -0.1) is 0 Å². The summed E-state index contributed by atoms with van der Waals surface area (Å²) in [7, 11) is 0. The van der Waals surface area contributed by atoms with E-state index in [4.69, 9.17) is 5.53 Å². The Hall–Kier alpha value is -0.950. The molecule has 0 aromatic rings. The Morgan fingerprint density at radius 1 is 1.60 bits per heavy atom. The number of ketones is 1. The summed E-state index contributed by atoms with van der Waals surface area (Å²) in [5.74, 6) is -0.144. The summed E-state index contributed by atoms with van der Waals surface area (Å²) < 4.78 is 0. The summed E-state index contributed by atoms with van der Waals surface area (Å²) in [5.41, 5.74) is 7.95. The Bertz CT molecular complexity index is 173. The van der Waals surface area contributed by atoms with Gasteiger partial charge in [0.05, 0.1) is 0 Å². The van der Waals surface area contributed by atoms with Crippen molar-refractivity contribution in [1.82, 2.24) is 0 Å². The van der Waals surface area contributed by atoms with Gasteiger partial charge in [0.2, 0.25) is 5.78 Å². The van der Waals surface area contributed by atoms with E-state index < -0.39 is 0 Å². The lowest BCUT2D eigenvalue weighted by atomic mass is 9.90. The van der Waals surface area contributed by atoms with Crippen molar-refractivity contribution in [2.24, 2.45) is 5.41 Å². The molecule has 0 unspecified atom stereocenters. The fourth-order valence-electron chi connectivity index (χ4n) is 0.633. The van der Waals surface area contributed by atoms with E-state index in [2.05, 4.69) is 4.79 Å². The second-order valence-corrected chi connectivity index (χ2v) is 3.45. The molecule has 3 heteroatoms. The Labute approximate surface area is 60.7 Å². The van der Waals surface area contributed by atoms with Crippen LogP contribution in [-0.4, -0.2) is 16.8 Å². The first kappa shape index (κ1) is 9.05. The first-order valence-corrected chi connectivity index (χ1v) is 3.16. The average Bonchev–Trinajstić information content (AvgIpc) is 1.59. The lowest BCUT2D eigenvalue weighted by Crippen LogP contribution is -2.13. The maximum Gasteiger partial charge on any atom is 0.323 e. The number of Topliss-reactive ketones (excluding diaryl/α,β-unsaturated/α-hetero) is 1. The summed E-state index contributed by atoms with van der Waals surface area (Å²) in [4.78, 5) is 13.4. The summed E-state index contributed by atoms with van der Waals surface area (Å²) in [6.07, 6.45) is 1.35. The van der Waals surface area contributed by atoms with E-state index in [0.717, 1.165) is 6.21 Å². The van der Waals surface area contributed by atoms with Crippen LogP contribution < -0.4 is 0 Å². The number of nitrogens with zero attached hydrogens (tertiary/aromatic N) is 2. The second-order valence-electron chi connectivity index (χ2n) is 3.45. The van der Waals surface area contributed by atoms with Crippen LogP contribution in [-0.2, 0) is 4.79 Å². The van der Waals surface area contributed by atoms with Crippen LogP contribution in [0.25, 0.3) is 5.53 Å². The molecule has 0 atom stereocenters. The average molecular weight is 140 g/mol. The van der Waals surface area contributed by atoms with Crippen molar-refractivity contribution in [3.63, 3.8) is 0 Å². The second kappa shape index (κ2) is 3.28. The monoisotopic (exact) mass is 140 g/mol. The highest BCUT2D eigenvalue weighted by atomic mass is 16.1. The Balaban J connectivity index is 3.92. The van der Waals surface area contributed by atoms with Gasteiger partial charge in [0.1, 0.15) is 0 Å². The van der Waals surface area contributed by atoms with Crippen molar-refractivity contribution in [3.05, 3.63) is 5.53 Å². The Morgan fingerprint density at radius 3 is 2.40 bits per heavy atom. The highest BCUT2D eigenvalue weighted by Crippen LogP contribution is 2.17. The van der Waals surface area contributed by atoms with E-state index in [-0.39, 0.29) is 11.2 Å². The van der Waals surface area contributed by atoms with Crippen LogP contribution in [0.4, 0.5) is 0 Å². The molecule has 0 aromatic carbocycles. The first-order valence-electron chi connectivity index (χ1n) is 3.16. The van der Waals surface area contributed by atoms with Gasteiger partial charge in [-0.05, 0) is 5.41 Å². The van der Waals surface area contributed by atoms with Crippen LogP contribution in [0.3, 0.4) is 0 Å². The van der Waals surface area contributed by atoms with Crippen LogP contribution in [0.15, 0.2) is 0 Å². The predicted octanol–water partition coefficient (Wildman–Crippen LogP) is 1.29. The van der Waals surface area contributed by atoms with Crippen molar-refractivity contribution in [2.75, 3.05) is 0 Å². The minimum Gasteiger partial charge on any atom is -0.361 e. The van der Waals surface area contributed by atoms with Crippen molar-refractivity contribution < 1.29 is 9.58 Å². The number of hydrogen-bond donors (Lipinski definition) is 0. The molecule has 10 heavy (non-hydrogen) atoms. The summed E-state index contributed by atoms with van der Waals surface area (Å²) in [6, 6.07) is 0. The summed E-state index contributed by atoms with van der Waals surface area (Å²) in [5, 5.41) is 0. The predicted molar refractivity (Wildman–Crippen MR) is 38.8 cm³/mol. The third-order valence-corrected chi connectivity index (χ3v) is 0.906. The molecule has 0 saturated carbocycles. The van der Waals surface area contributed by atoms with Gasteiger partial charge in [-0.3, -0.25) is 4.79 Å². The number of hydrogen-bond acceptors (Lipinski definition) is 1. The topological polar surface area (TPSA) is 53.5 Å². The maximum absolute atomic E-state index is 10.7. The van der Waals surface area contributed by atoms with Crippen molar-refractivity contribution >= 4 is 12.0 Å². The van der Waals surface area contributed by atoms with Gasteiger partial charge in [0, 0.05) is 6.42 Å². The summed E-state index contributed by atoms with van der Waals surface area (Å²) in [6.45, 7) is 5.86. The first-order chi connectivity index (χ1) is 4.45. The van der Waals surface area contributed by atoms with Gasteiger partial charge in [-0.25, -0.2) is 0 Å². The molecule has 0 amide bonds. The molecule has 3 nitrogen and oxygen atoms in total. The number of carbonyl (C=O) groups is 1. The fourth-order valence-corrected chi connectivity index (χ4v) is 0.633. The van der Waals surface area contributed by atoms with Gasteiger partial charge in [-0.1, -0.05) is 20.8 Å². The van der Waals surface area contributed by atoms with E-state index in [1.54, 1.807) is 0 Å². The highest BCUT2D eigenvalue weighted by molar-refractivity contribution is 6.25. The van der Waals surface area contributed by atoms with E-state index in [1.807, 2.05) is 20.8 Å². The van der Waals surface area contributed by atoms with Crippen LogP contribution >= 0.6 is 0 Å². The van der Waals surface area contributed by atoms with Crippen molar-refractivity contribution in [2.45, 2.75) is 27.2 Å². The zero-order chi connectivity index (χ0) is 8.20. The van der Waals surface area contributed by atoms with E-state index in [1.165, 1.54) is 0 Å². The molecule has 0 aliphatic carbocycles. The largest absolute Gasteiger partial charge is 0.361 e. The molecule has 0 aliphatic rings. The molecular weight excluding hydrogens is 128 g/mol. The molecule has 0 rings (SSSR count). The zero-order valence-corrected chi connectivity index (χ0v) is 6.59. The minimum atomic E-state index is -0.144. The van der Waals surface area contributed by atoms with Gasteiger partial charge in [0.15, 0.2) is 0 Å². The molecule has 0 aliphatic heterocycles. The molecule has 0 fully saturated rings. The minimum absolute atomic E-state index is 0.0295. The molecule has 56 valence electrons. The standard InChI is InChI=1S/C7H12N2O/c1-7(2,3)4-6(10)5-9-8/h5H,4H2,1-3H3. The molecule has 0 saturated heterocycles. The van der Waals surface area contributed by atoms with Crippen LogP contribution in [0.2, 0.25) is 0 Å². The van der Waals surface area contributed by atoms with E-state index in [0.29, 0.717) is 6.42 Å². The molecule has 0 heterocycles. The number of carbonyl (C=O) groups excluding carboxylic acids is 1. The van der Waals surface area contributed by atoms with Crippen LogP contribution in [0.1, 0.15) is 27.2 Å². The van der Waals surface area contributed by atoms with Crippen molar-refractivity contribution in [3.8, 4) is 0 Å². The summed E-state index contributed by atoms with van der Waals surface area (Å²) >= 11 is 0. The SMILES string of the molecule is CC(C)(C)CC(=O)C=[N+]=[N-]. The third-order valence-electron chi connectivity index (χ3n) is 0.906. The highest BCUT2D eigenvalue weighted by Gasteiger charge is 2.16. The molecule has 0 spiro atoms. The lowest BCUT2D eigenvalue weighted by Gasteiger charge is -2.13. The molecule has 0 aromatic heterocycles. The normalized spacial score (nSPS) is 10.3. The van der Waals surface area contributed by atoms with Gasteiger partial charge in [0.25, 0.3) is 0 Å². The molecular formula is C7H12N2O. The molecule has 0 radical (unpaired) electrons. The third kappa shape index (κ3) is 5.19. The van der Waals surface area contributed by atoms with Crippen LogP contribution in [0.5, 0.6) is 0 Å². The zero-order valence-electron chi connectivity index (χ0n) is 6.59. The fraction of sp³-hybridized carbons (Fsp3) is 0.714. The molecule has 0 bridgehead atoms. The van der Waals surface area contributed by atoms with Gasteiger partial charge >= 0.3 is 6.21 Å². The molecule has 0 N–H and O–H groups in total. The van der Waals surface area contributed by atoms with Crippen molar-refractivity contribution in [1.29, 1.82) is 0 Å². The Kier molecular flexibility index (Phi) is 2.97.